The molecule has 0 aliphatic carbocycles. The monoisotopic (exact) mass is 479 g/mol. The Kier molecular flexibility index (Phi) is 8.78. The van der Waals surface area contributed by atoms with E-state index in [1.54, 1.807) is 0 Å². The third-order valence-corrected chi connectivity index (χ3v) is 4.14. The average molecular weight is 479 g/mol. The van der Waals surface area contributed by atoms with Crippen molar-refractivity contribution in [2.75, 3.05) is 26.7 Å². The highest BCUT2D eigenvalue weighted by Crippen LogP contribution is 2.20. The van der Waals surface area contributed by atoms with Crippen LogP contribution in [0.15, 0.2) is 9.52 Å². The van der Waals surface area contributed by atoms with E-state index in [4.69, 9.17) is 9.26 Å². The minimum absolute atomic E-state index is 0. The van der Waals surface area contributed by atoms with Crippen molar-refractivity contribution in [1.82, 2.24) is 20.4 Å². The number of likely N-dealkylation sites (tertiary alicyclic amines) is 1. The molecule has 0 atom stereocenters. The Morgan fingerprint density at radius 2 is 2.04 bits per heavy atom. The van der Waals surface area contributed by atoms with Crippen LogP contribution in [-0.2, 0) is 21.5 Å². The number of carbonyl (C=O) groups is 1. The number of nitrogens with zero attached hydrogens (tertiary/aromatic N) is 4. The molecule has 1 aliphatic rings. The number of ether oxygens (including phenoxy) is 1. The van der Waals surface area contributed by atoms with E-state index in [-0.39, 0.29) is 41.3 Å². The van der Waals surface area contributed by atoms with E-state index in [2.05, 4.69) is 25.3 Å². The molecule has 0 amide bonds. The average Bonchev–Trinajstić information content (AvgIpc) is 3.07. The number of methoxy groups -OCH3 is 1. The summed E-state index contributed by atoms with van der Waals surface area (Å²) in [5.41, 5.74) is -0.171. The van der Waals surface area contributed by atoms with E-state index in [0.29, 0.717) is 18.3 Å². The van der Waals surface area contributed by atoms with Crippen LogP contribution in [0, 0.1) is 5.92 Å². The Morgan fingerprint density at radius 1 is 1.38 bits per heavy atom. The predicted molar refractivity (Wildman–Crippen MR) is 110 cm³/mol. The predicted octanol–water partition coefficient (Wildman–Crippen LogP) is 2.34. The largest absolute Gasteiger partial charge is 0.469 e. The maximum absolute atomic E-state index is 11.6. The molecule has 0 spiro atoms. The number of hydrogen-bond donors (Lipinski definition) is 1. The van der Waals surface area contributed by atoms with E-state index in [9.17, 15) is 4.79 Å². The molecule has 1 aromatic rings. The fourth-order valence-corrected chi connectivity index (χ4v) is 2.69. The number of carbonyl (C=O) groups excluding carboxylic acids is 1. The number of rotatable bonds is 4. The Balaban J connectivity index is 0.00000338. The van der Waals surface area contributed by atoms with Crippen LogP contribution in [0.4, 0.5) is 0 Å². The first-order valence-corrected chi connectivity index (χ1v) is 8.79. The zero-order chi connectivity index (χ0) is 18.4. The normalized spacial score (nSPS) is 16.2. The first kappa shape index (κ1) is 22.7. The van der Waals surface area contributed by atoms with Crippen molar-refractivity contribution in [2.45, 2.75) is 52.5 Å². The van der Waals surface area contributed by atoms with E-state index in [1.165, 1.54) is 7.11 Å². The number of piperidine rings is 1. The van der Waals surface area contributed by atoms with E-state index in [0.717, 1.165) is 38.4 Å². The maximum Gasteiger partial charge on any atom is 0.308 e. The molecule has 0 saturated carbocycles. The molecule has 148 valence electrons. The van der Waals surface area contributed by atoms with Crippen molar-refractivity contribution in [3.8, 4) is 0 Å². The molecule has 1 aliphatic heterocycles. The number of hydrogen-bond acceptors (Lipinski definition) is 6. The second-order valence-electron chi connectivity index (χ2n) is 7.22. The van der Waals surface area contributed by atoms with Gasteiger partial charge in [0.15, 0.2) is 11.8 Å². The number of guanidine groups is 1. The third kappa shape index (κ3) is 6.10. The van der Waals surface area contributed by atoms with Crippen molar-refractivity contribution >= 4 is 35.9 Å². The SMILES string of the molecule is CCNC(=NCc1noc(C(C)(C)C)n1)N1CCC(C(=O)OC)CC1.I. The van der Waals surface area contributed by atoms with Crippen LogP contribution in [0.5, 0.6) is 0 Å². The van der Waals surface area contributed by atoms with Gasteiger partial charge in [0.25, 0.3) is 0 Å². The van der Waals surface area contributed by atoms with Crippen LogP contribution >= 0.6 is 24.0 Å². The van der Waals surface area contributed by atoms with Gasteiger partial charge in [0.05, 0.1) is 13.0 Å². The number of aromatic nitrogens is 2. The Morgan fingerprint density at radius 3 is 2.54 bits per heavy atom. The minimum atomic E-state index is -0.171. The summed E-state index contributed by atoms with van der Waals surface area (Å²) in [6.07, 6.45) is 1.54. The third-order valence-electron chi connectivity index (χ3n) is 4.14. The summed E-state index contributed by atoms with van der Waals surface area (Å²) in [6, 6.07) is 0. The molecule has 2 rings (SSSR count). The molecule has 2 heterocycles. The molecule has 0 radical (unpaired) electrons. The first-order chi connectivity index (χ1) is 11.8. The van der Waals surface area contributed by atoms with Crippen LogP contribution in [-0.4, -0.2) is 53.7 Å². The Bertz CT molecular complexity index is 604. The van der Waals surface area contributed by atoms with Crippen molar-refractivity contribution in [3.63, 3.8) is 0 Å². The van der Waals surface area contributed by atoms with Gasteiger partial charge in [-0.15, -0.1) is 24.0 Å². The van der Waals surface area contributed by atoms with Crippen LogP contribution in [0.2, 0.25) is 0 Å². The van der Waals surface area contributed by atoms with Gasteiger partial charge in [-0.25, -0.2) is 4.99 Å². The van der Waals surface area contributed by atoms with Gasteiger partial charge in [-0.1, -0.05) is 25.9 Å². The Hall–Kier alpha value is -1.39. The van der Waals surface area contributed by atoms with Gasteiger partial charge in [0.1, 0.15) is 6.54 Å². The van der Waals surface area contributed by atoms with Crippen LogP contribution in [0.25, 0.3) is 0 Å². The first-order valence-electron chi connectivity index (χ1n) is 8.79. The second kappa shape index (κ2) is 10.1. The summed E-state index contributed by atoms with van der Waals surface area (Å²) in [4.78, 5) is 22.8. The van der Waals surface area contributed by atoms with Gasteiger partial charge in [-0.2, -0.15) is 4.98 Å². The van der Waals surface area contributed by atoms with E-state index >= 15 is 0 Å². The van der Waals surface area contributed by atoms with Gasteiger partial charge in [0.2, 0.25) is 5.89 Å². The highest BCUT2D eigenvalue weighted by Gasteiger charge is 2.27. The van der Waals surface area contributed by atoms with Crippen LogP contribution in [0.3, 0.4) is 0 Å². The highest BCUT2D eigenvalue weighted by molar-refractivity contribution is 14.0. The standard InChI is InChI=1S/C17H29N5O3.HI/c1-6-18-16(22-9-7-12(8-10-22)14(23)24-5)19-11-13-20-15(25-21-13)17(2,3)4;/h12H,6-11H2,1-5H3,(H,18,19);1H. The summed E-state index contributed by atoms with van der Waals surface area (Å²) in [5, 5.41) is 7.30. The summed E-state index contributed by atoms with van der Waals surface area (Å²) in [6.45, 7) is 10.8. The van der Waals surface area contributed by atoms with Crippen LogP contribution < -0.4 is 5.32 Å². The zero-order valence-electron chi connectivity index (χ0n) is 16.2. The molecule has 1 aromatic heterocycles. The van der Waals surface area contributed by atoms with Gasteiger partial charge >= 0.3 is 5.97 Å². The molecule has 1 saturated heterocycles. The highest BCUT2D eigenvalue weighted by atomic mass is 127. The van der Waals surface area contributed by atoms with Gasteiger partial charge < -0.3 is 19.5 Å². The topological polar surface area (TPSA) is 92.9 Å². The molecule has 26 heavy (non-hydrogen) atoms. The molecule has 0 bridgehead atoms. The van der Waals surface area contributed by atoms with Crippen molar-refractivity contribution in [2.24, 2.45) is 10.9 Å². The van der Waals surface area contributed by atoms with Crippen molar-refractivity contribution in [1.29, 1.82) is 0 Å². The molecule has 0 aromatic carbocycles. The molecule has 9 heteroatoms. The smallest absolute Gasteiger partial charge is 0.308 e. The zero-order valence-corrected chi connectivity index (χ0v) is 18.6. The lowest BCUT2D eigenvalue weighted by Crippen LogP contribution is -2.46. The summed E-state index contributed by atoms with van der Waals surface area (Å²) >= 11 is 0. The van der Waals surface area contributed by atoms with E-state index in [1.807, 2.05) is 27.7 Å². The lowest BCUT2D eigenvalue weighted by molar-refractivity contribution is -0.146. The lowest BCUT2D eigenvalue weighted by atomic mass is 9.97. The van der Waals surface area contributed by atoms with Crippen LogP contribution in [0.1, 0.15) is 52.3 Å². The fraction of sp³-hybridized carbons (Fsp3) is 0.765. The Labute approximate surface area is 172 Å². The lowest BCUT2D eigenvalue weighted by Gasteiger charge is -2.33. The molecule has 1 N–H and O–H groups in total. The quantitative estimate of drug-likeness (QED) is 0.307. The molecular formula is C17H30IN5O3. The van der Waals surface area contributed by atoms with Gasteiger partial charge in [-0.05, 0) is 19.8 Å². The number of nitrogens with one attached hydrogen (secondary N) is 1. The van der Waals surface area contributed by atoms with E-state index < -0.39 is 0 Å². The fourth-order valence-electron chi connectivity index (χ4n) is 2.69. The van der Waals surface area contributed by atoms with Gasteiger partial charge in [0, 0.05) is 25.0 Å². The molecular weight excluding hydrogens is 449 g/mol. The second-order valence-corrected chi connectivity index (χ2v) is 7.22. The maximum atomic E-state index is 11.6. The molecule has 0 unspecified atom stereocenters. The van der Waals surface area contributed by atoms with Crippen molar-refractivity contribution < 1.29 is 14.1 Å². The van der Waals surface area contributed by atoms with Gasteiger partial charge in [-0.3, -0.25) is 4.79 Å². The number of halogens is 1. The summed E-state index contributed by atoms with van der Waals surface area (Å²) in [7, 11) is 1.44. The minimum Gasteiger partial charge on any atom is -0.469 e. The molecule has 8 nitrogen and oxygen atoms in total. The number of esters is 1. The summed E-state index contributed by atoms with van der Waals surface area (Å²) < 4.78 is 10.1. The number of aliphatic imine (C=N–C) groups is 1. The summed E-state index contributed by atoms with van der Waals surface area (Å²) in [5.74, 6) is 1.86. The van der Waals surface area contributed by atoms with Crippen molar-refractivity contribution in [3.05, 3.63) is 11.7 Å². The molecule has 1 fully saturated rings.